The van der Waals surface area contributed by atoms with Crippen molar-refractivity contribution in [1.82, 2.24) is 0 Å². The maximum Gasteiger partial charge on any atom is 1.00 e. The van der Waals surface area contributed by atoms with Gasteiger partial charge in [-0.2, -0.15) is 5.11 Å². The zero-order valence-electron chi connectivity index (χ0n) is 25.9. The van der Waals surface area contributed by atoms with Gasteiger partial charge in [-0.05, 0) is 64.7 Å². The first-order valence-electron chi connectivity index (χ1n) is 13.7. The van der Waals surface area contributed by atoms with Gasteiger partial charge in [-0.3, -0.25) is 0 Å². The van der Waals surface area contributed by atoms with E-state index in [1.807, 2.05) is 36.4 Å². The molecule has 7 N–H and O–H groups in total. The number of primary sulfonamides is 2. The molecule has 0 saturated carbocycles. The molecule has 6 aromatic rings. The predicted octanol–water partition coefficient (Wildman–Crippen LogP) is 3.00. The Morgan fingerprint density at radius 3 is 1.62 bits per heavy atom. The van der Waals surface area contributed by atoms with Crippen molar-refractivity contribution in [2.24, 2.45) is 30.7 Å². The molecule has 0 aliphatic heterocycles. The van der Waals surface area contributed by atoms with E-state index < -0.39 is 25.8 Å². The Bertz CT molecular complexity index is 2480. The van der Waals surface area contributed by atoms with Crippen molar-refractivity contribution in [2.45, 2.75) is 9.79 Å². The third-order valence-electron chi connectivity index (χ3n) is 6.78. The molecule has 0 spiro atoms. The van der Waals surface area contributed by atoms with Crippen molar-refractivity contribution in [3.63, 3.8) is 0 Å². The minimum atomic E-state index is -3.96. The van der Waals surface area contributed by atoms with E-state index in [0.29, 0.717) is 5.39 Å². The largest absolute Gasteiger partial charge is 1.00 e. The van der Waals surface area contributed by atoms with Gasteiger partial charge >= 0.3 is 18.9 Å². The molecule has 0 aliphatic carbocycles. The van der Waals surface area contributed by atoms with E-state index in [9.17, 15) is 37.3 Å². The molecule has 0 bridgehead atoms. The van der Waals surface area contributed by atoms with Crippen molar-refractivity contribution in [2.75, 3.05) is 0 Å². The van der Waals surface area contributed by atoms with E-state index in [-0.39, 0.29) is 85.4 Å². The summed E-state index contributed by atoms with van der Waals surface area (Å²) in [6.07, 6.45) is 0. The Balaban J connectivity index is 0.000000260. The van der Waals surface area contributed by atoms with Crippen LogP contribution in [-0.2, 0) is 36.8 Å². The summed E-state index contributed by atoms with van der Waals surface area (Å²) in [7, 11) is -7.88. The van der Waals surface area contributed by atoms with Gasteiger partial charge in [-0.25, -0.2) is 27.1 Å². The SMILES string of the molecule is NS(=O)(=O)c1ccc(O)c(N=Nc2cc3ccccc3cc2O)c1.NS(=O)(=O)c1ccc([O-])c(N=Nc2c(O)ccc3ccccc23)c1.[Co].[Li+]. The molecule has 253 valence electrons. The number of aromatic hydroxyl groups is 3. The van der Waals surface area contributed by atoms with E-state index >= 15 is 0 Å². The van der Waals surface area contributed by atoms with Crippen LogP contribution in [0.4, 0.5) is 22.7 Å². The molecule has 0 saturated heterocycles. The zero-order valence-corrected chi connectivity index (χ0v) is 28.5. The molecule has 0 aliphatic rings. The number of nitrogens with two attached hydrogens (primary N) is 2. The van der Waals surface area contributed by atoms with Gasteiger partial charge in [0.05, 0.1) is 15.5 Å². The van der Waals surface area contributed by atoms with Gasteiger partial charge in [0, 0.05) is 22.2 Å². The second kappa shape index (κ2) is 16.2. The van der Waals surface area contributed by atoms with Gasteiger partial charge in [0.15, 0.2) is 0 Å². The summed E-state index contributed by atoms with van der Waals surface area (Å²) < 4.78 is 45.4. The Labute approximate surface area is 308 Å². The molecule has 0 unspecified atom stereocenters. The molecular formula is C32H25CoLiN6O8S2. The van der Waals surface area contributed by atoms with Crippen molar-refractivity contribution < 1.29 is 72.9 Å². The fourth-order valence-electron chi connectivity index (χ4n) is 4.37. The fourth-order valence-corrected chi connectivity index (χ4v) is 5.44. The molecule has 0 atom stereocenters. The predicted molar refractivity (Wildman–Crippen MR) is 176 cm³/mol. The number of rotatable bonds is 6. The minimum Gasteiger partial charge on any atom is -0.871 e. The van der Waals surface area contributed by atoms with Gasteiger partial charge < -0.3 is 20.4 Å². The maximum atomic E-state index is 11.8. The quantitative estimate of drug-likeness (QED) is 0.125. The zero-order chi connectivity index (χ0) is 34.6. The van der Waals surface area contributed by atoms with Crippen LogP contribution < -0.4 is 34.2 Å². The summed E-state index contributed by atoms with van der Waals surface area (Å²) in [6, 6.07) is 27.6. The molecule has 0 heterocycles. The third-order valence-corrected chi connectivity index (χ3v) is 8.60. The molecule has 1 radical (unpaired) electrons. The second-order valence-electron chi connectivity index (χ2n) is 10.1. The van der Waals surface area contributed by atoms with E-state index in [4.69, 9.17) is 10.3 Å². The average Bonchev–Trinajstić information content (AvgIpc) is 3.04. The number of nitrogens with zero attached hydrogens (tertiary/aromatic N) is 4. The number of benzene rings is 6. The van der Waals surface area contributed by atoms with E-state index in [1.54, 1.807) is 30.3 Å². The van der Waals surface area contributed by atoms with Gasteiger partial charge in [0.1, 0.15) is 34.3 Å². The van der Waals surface area contributed by atoms with Crippen LogP contribution in [0.15, 0.2) is 139 Å². The molecule has 6 rings (SSSR count). The van der Waals surface area contributed by atoms with Crippen LogP contribution in [0.3, 0.4) is 0 Å². The Kier molecular flexibility index (Phi) is 12.9. The maximum absolute atomic E-state index is 11.8. The van der Waals surface area contributed by atoms with E-state index in [1.165, 1.54) is 6.07 Å². The second-order valence-corrected chi connectivity index (χ2v) is 13.2. The molecule has 18 heteroatoms. The summed E-state index contributed by atoms with van der Waals surface area (Å²) in [5.74, 6) is -0.954. The van der Waals surface area contributed by atoms with Crippen molar-refractivity contribution in [3.8, 4) is 23.0 Å². The molecule has 14 nitrogen and oxygen atoms in total. The first-order chi connectivity index (χ1) is 22.7. The van der Waals surface area contributed by atoms with E-state index in [2.05, 4.69) is 20.5 Å². The van der Waals surface area contributed by atoms with Gasteiger partial charge in [0.2, 0.25) is 20.0 Å². The summed E-state index contributed by atoms with van der Waals surface area (Å²) in [5.41, 5.74) is 0.116. The van der Waals surface area contributed by atoms with Crippen LogP contribution >= 0.6 is 0 Å². The Morgan fingerprint density at radius 2 is 1.00 bits per heavy atom. The van der Waals surface area contributed by atoms with Crippen LogP contribution in [0.1, 0.15) is 0 Å². The van der Waals surface area contributed by atoms with Crippen molar-refractivity contribution in [1.29, 1.82) is 0 Å². The van der Waals surface area contributed by atoms with Crippen molar-refractivity contribution >= 4 is 64.3 Å². The summed E-state index contributed by atoms with van der Waals surface area (Å²) >= 11 is 0. The molecule has 0 aromatic heterocycles. The summed E-state index contributed by atoms with van der Waals surface area (Å²) in [5, 5.41) is 70.3. The number of phenols is 3. The summed E-state index contributed by atoms with van der Waals surface area (Å²) in [4.78, 5) is -0.435. The van der Waals surface area contributed by atoms with Gasteiger partial charge in [-0.1, -0.05) is 66.4 Å². The van der Waals surface area contributed by atoms with Crippen LogP contribution in [0.25, 0.3) is 21.5 Å². The van der Waals surface area contributed by atoms with Crippen LogP contribution in [0.2, 0.25) is 0 Å². The smallest absolute Gasteiger partial charge is 0.871 e. The molecule has 6 aromatic carbocycles. The molecular weight excluding hydrogens is 726 g/mol. The summed E-state index contributed by atoms with van der Waals surface area (Å²) in [6.45, 7) is 0. The topological polar surface area (TPSA) is 254 Å². The first kappa shape index (κ1) is 39.6. The van der Waals surface area contributed by atoms with E-state index in [0.717, 1.165) is 52.6 Å². The number of phenolic OH excluding ortho intramolecular Hbond substituents is 3. The first-order valence-corrected chi connectivity index (χ1v) is 16.8. The van der Waals surface area contributed by atoms with Crippen molar-refractivity contribution in [3.05, 3.63) is 109 Å². The van der Waals surface area contributed by atoms with Gasteiger partial charge in [0.25, 0.3) is 0 Å². The number of azo groups is 2. The monoisotopic (exact) mass is 751 g/mol. The normalized spacial score (nSPS) is 11.6. The fraction of sp³-hybridized carbons (Fsp3) is 0. The number of fused-ring (bicyclic) bond motifs is 2. The standard InChI is InChI=1S/2C16H13N3O4S.Co.Li/c17-24(22,23)11-6-8-14(20)13(9-11)18-19-16-12-4-2-1-3-10(12)5-7-15(16)21;17-24(22,23)12-5-6-15(20)14(9-12)19-18-13-7-10-3-1-2-4-11(10)8-16(13)21;;/h2*1-9,20-21H,(H2,17,22,23);;/q;;;+1/p-1. The molecule has 50 heavy (non-hydrogen) atoms. The third kappa shape index (κ3) is 9.44. The van der Waals surface area contributed by atoms with Crippen LogP contribution in [0.5, 0.6) is 23.0 Å². The van der Waals surface area contributed by atoms with Gasteiger partial charge in [-0.15, -0.1) is 15.3 Å². The molecule has 0 amide bonds. The minimum absolute atomic E-state index is 0. The number of hydrogen-bond donors (Lipinski definition) is 5. The number of hydrogen-bond acceptors (Lipinski definition) is 12. The average molecular weight is 752 g/mol. The Hall–Kier alpha value is -4.84. The van der Waals surface area contributed by atoms with Crippen LogP contribution in [-0.4, -0.2) is 32.2 Å². The van der Waals surface area contributed by atoms with Crippen LogP contribution in [0, 0.1) is 0 Å². The number of sulfonamides is 2. The Morgan fingerprint density at radius 1 is 0.520 bits per heavy atom. The molecule has 0 fully saturated rings.